The molecule has 0 saturated carbocycles. The van der Waals surface area contributed by atoms with Gasteiger partial charge in [0.15, 0.2) is 6.61 Å². The lowest BCUT2D eigenvalue weighted by Crippen LogP contribution is -2.39. The highest BCUT2D eigenvalue weighted by molar-refractivity contribution is 6.01. The van der Waals surface area contributed by atoms with Crippen molar-refractivity contribution in [3.8, 4) is 5.75 Å². The van der Waals surface area contributed by atoms with Crippen molar-refractivity contribution in [2.75, 3.05) is 23.8 Å². The van der Waals surface area contributed by atoms with E-state index in [0.29, 0.717) is 23.7 Å². The molecule has 78 valence electrons. The molecule has 2 rings (SSSR count). The first-order chi connectivity index (χ1) is 7.24. The van der Waals surface area contributed by atoms with Gasteiger partial charge in [-0.05, 0) is 12.1 Å². The maximum Gasteiger partial charge on any atom is 0.265 e. The van der Waals surface area contributed by atoms with Crippen molar-refractivity contribution in [3.63, 3.8) is 0 Å². The minimum atomic E-state index is -0.0969. The maximum absolute atomic E-state index is 11.6. The Morgan fingerprint density at radius 1 is 1.60 bits per heavy atom. The Kier molecular flexibility index (Phi) is 2.33. The highest BCUT2D eigenvalue weighted by Gasteiger charge is 2.26. The Hall–Kier alpha value is -1.97. The number of hydrogen-bond acceptors (Lipinski definition) is 3. The lowest BCUT2D eigenvalue weighted by Gasteiger charge is -2.29. The van der Waals surface area contributed by atoms with E-state index in [0.717, 1.165) is 0 Å². The minimum Gasteiger partial charge on any atom is -0.481 e. The molecular formula is C11H12N2O2. The largest absolute Gasteiger partial charge is 0.481 e. The molecular weight excluding hydrogens is 192 g/mol. The van der Waals surface area contributed by atoms with E-state index in [9.17, 15) is 4.79 Å². The Bertz CT molecular complexity index is 415. The first-order valence-electron chi connectivity index (χ1n) is 4.66. The van der Waals surface area contributed by atoms with Crippen LogP contribution in [0.15, 0.2) is 30.9 Å². The third kappa shape index (κ3) is 1.54. The molecule has 0 unspecified atom stereocenters. The van der Waals surface area contributed by atoms with Gasteiger partial charge < -0.3 is 15.4 Å². The number of ether oxygens (including phenoxy) is 1. The van der Waals surface area contributed by atoms with Gasteiger partial charge in [0.05, 0.1) is 5.69 Å². The fraction of sp³-hybridized carbons (Fsp3) is 0.182. The van der Waals surface area contributed by atoms with Crippen LogP contribution in [-0.2, 0) is 4.79 Å². The Morgan fingerprint density at radius 3 is 3.13 bits per heavy atom. The number of carbonyl (C=O) groups is 1. The summed E-state index contributed by atoms with van der Waals surface area (Å²) in [7, 11) is 0. The molecule has 0 atom stereocenters. The predicted molar refractivity (Wildman–Crippen MR) is 58.9 cm³/mol. The SMILES string of the molecule is C=CCN1C(=O)COc2cccc(N)c21. The number of carbonyl (C=O) groups excluding carboxylic acids is 1. The number of nitrogens with two attached hydrogens (primary N) is 1. The molecule has 1 amide bonds. The van der Waals surface area contributed by atoms with Gasteiger partial charge in [-0.25, -0.2) is 0 Å². The van der Waals surface area contributed by atoms with Crippen LogP contribution in [0.4, 0.5) is 11.4 Å². The number of anilines is 2. The highest BCUT2D eigenvalue weighted by atomic mass is 16.5. The Balaban J connectivity index is 2.50. The summed E-state index contributed by atoms with van der Waals surface area (Å²) in [5.41, 5.74) is 7.01. The second-order valence-corrected chi connectivity index (χ2v) is 3.28. The molecule has 2 N–H and O–H groups in total. The molecule has 1 aromatic carbocycles. The van der Waals surface area contributed by atoms with Crippen molar-refractivity contribution in [2.24, 2.45) is 0 Å². The minimum absolute atomic E-state index is 0.0598. The number of nitrogen functional groups attached to an aromatic ring is 1. The zero-order valence-corrected chi connectivity index (χ0v) is 8.27. The molecule has 15 heavy (non-hydrogen) atoms. The lowest BCUT2D eigenvalue weighted by molar-refractivity contribution is -0.121. The van der Waals surface area contributed by atoms with E-state index in [1.165, 1.54) is 0 Å². The molecule has 4 nitrogen and oxygen atoms in total. The summed E-state index contributed by atoms with van der Waals surface area (Å²) >= 11 is 0. The Morgan fingerprint density at radius 2 is 2.40 bits per heavy atom. The van der Waals surface area contributed by atoms with Gasteiger partial charge in [0, 0.05) is 6.54 Å². The van der Waals surface area contributed by atoms with Crippen LogP contribution in [0.5, 0.6) is 5.75 Å². The third-order valence-corrected chi connectivity index (χ3v) is 2.26. The highest BCUT2D eigenvalue weighted by Crippen LogP contribution is 2.36. The molecule has 0 saturated heterocycles. The van der Waals surface area contributed by atoms with Crippen molar-refractivity contribution in [1.29, 1.82) is 0 Å². The van der Waals surface area contributed by atoms with Crippen LogP contribution in [0.3, 0.4) is 0 Å². The molecule has 0 spiro atoms. The molecule has 1 aromatic rings. The van der Waals surface area contributed by atoms with Gasteiger partial charge in [-0.3, -0.25) is 4.79 Å². The molecule has 1 heterocycles. The van der Waals surface area contributed by atoms with Crippen LogP contribution in [0, 0.1) is 0 Å². The van der Waals surface area contributed by atoms with Gasteiger partial charge in [-0.1, -0.05) is 12.1 Å². The van der Waals surface area contributed by atoms with E-state index in [4.69, 9.17) is 10.5 Å². The zero-order valence-electron chi connectivity index (χ0n) is 8.27. The van der Waals surface area contributed by atoms with Crippen molar-refractivity contribution in [1.82, 2.24) is 0 Å². The fourth-order valence-electron chi connectivity index (χ4n) is 1.61. The molecule has 4 heteroatoms. The van der Waals surface area contributed by atoms with Gasteiger partial charge in [0.2, 0.25) is 0 Å². The molecule has 1 aliphatic rings. The van der Waals surface area contributed by atoms with Gasteiger partial charge in [0.25, 0.3) is 5.91 Å². The van der Waals surface area contributed by atoms with E-state index in [1.807, 2.05) is 0 Å². The van der Waals surface area contributed by atoms with Gasteiger partial charge in [-0.15, -0.1) is 6.58 Å². The lowest BCUT2D eigenvalue weighted by atomic mass is 10.2. The number of rotatable bonds is 2. The maximum atomic E-state index is 11.6. The topological polar surface area (TPSA) is 55.6 Å². The number of hydrogen-bond donors (Lipinski definition) is 1. The Labute approximate surface area is 87.9 Å². The monoisotopic (exact) mass is 204 g/mol. The van der Waals surface area contributed by atoms with Crippen LogP contribution in [-0.4, -0.2) is 19.1 Å². The second-order valence-electron chi connectivity index (χ2n) is 3.28. The fourth-order valence-corrected chi connectivity index (χ4v) is 1.61. The van der Waals surface area contributed by atoms with E-state index in [-0.39, 0.29) is 12.5 Å². The number of nitrogens with zero attached hydrogens (tertiary/aromatic N) is 1. The molecule has 0 bridgehead atoms. The van der Waals surface area contributed by atoms with Crippen LogP contribution < -0.4 is 15.4 Å². The summed E-state index contributed by atoms with van der Waals surface area (Å²) in [6.07, 6.45) is 1.67. The molecule has 0 radical (unpaired) electrons. The smallest absolute Gasteiger partial charge is 0.265 e. The third-order valence-electron chi connectivity index (χ3n) is 2.26. The average Bonchev–Trinajstić information content (AvgIpc) is 2.23. The summed E-state index contributed by atoms with van der Waals surface area (Å²) in [6.45, 7) is 4.12. The van der Waals surface area contributed by atoms with Crippen molar-refractivity contribution < 1.29 is 9.53 Å². The van der Waals surface area contributed by atoms with E-state index >= 15 is 0 Å². The summed E-state index contributed by atoms with van der Waals surface area (Å²) < 4.78 is 5.29. The van der Waals surface area contributed by atoms with Crippen LogP contribution in [0.25, 0.3) is 0 Å². The van der Waals surface area contributed by atoms with Crippen LogP contribution in [0.1, 0.15) is 0 Å². The van der Waals surface area contributed by atoms with Crippen molar-refractivity contribution in [2.45, 2.75) is 0 Å². The van der Waals surface area contributed by atoms with E-state index in [2.05, 4.69) is 6.58 Å². The van der Waals surface area contributed by atoms with Gasteiger partial charge in [0.1, 0.15) is 11.4 Å². The van der Waals surface area contributed by atoms with Crippen molar-refractivity contribution in [3.05, 3.63) is 30.9 Å². The van der Waals surface area contributed by atoms with Crippen LogP contribution in [0.2, 0.25) is 0 Å². The normalized spacial score (nSPS) is 14.4. The number of para-hydroxylation sites is 1. The predicted octanol–water partition coefficient (Wildman–Crippen LogP) is 1.18. The zero-order chi connectivity index (χ0) is 10.8. The van der Waals surface area contributed by atoms with Crippen molar-refractivity contribution >= 4 is 17.3 Å². The second kappa shape index (κ2) is 3.65. The first kappa shape index (κ1) is 9.58. The molecule has 0 aromatic heterocycles. The number of benzene rings is 1. The summed E-state index contributed by atoms with van der Waals surface area (Å²) in [6, 6.07) is 5.35. The van der Waals surface area contributed by atoms with E-state index in [1.54, 1.807) is 29.2 Å². The standard InChI is InChI=1S/C11H12N2O2/c1-2-6-13-10(14)7-15-9-5-3-4-8(12)11(9)13/h2-5H,1,6-7,12H2. The first-order valence-corrected chi connectivity index (χ1v) is 4.66. The summed E-state index contributed by atoms with van der Waals surface area (Å²) in [4.78, 5) is 13.2. The quantitative estimate of drug-likeness (QED) is 0.581. The number of fused-ring (bicyclic) bond motifs is 1. The van der Waals surface area contributed by atoms with Gasteiger partial charge in [-0.2, -0.15) is 0 Å². The molecule has 1 aliphatic heterocycles. The summed E-state index contributed by atoms with van der Waals surface area (Å²) in [5, 5.41) is 0. The number of amides is 1. The van der Waals surface area contributed by atoms with E-state index < -0.39 is 0 Å². The van der Waals surface area contributed by atoms with Crippen LogP contribution >= 0.6 is 0 Å². The molecule has 0 aliphatic carbocycles. The van der Waals surface area contributed by atoms with Gasteiger partial charge >= 0.3 is 0 Å². The molecule has 0 fully saturated rings. The summed E-state index contributed by atoms with van der Waals surface area (Å²) in [5.74, 6) is 0.553. The average molecular weight is 204 g/mol.